The highest BCUT2D eigenvalue weighted by Crippen LogP contribution is 2.33. The summed E-state index contributed by atoms with van der Waals surface area (Å²) < 4.78 is 0. The SMILES string of the molecule is NC(=O)CN1C[C@@H](CN2CCCCC2=O)CC[C@H]1c1ccccc1. The van der Waals surface area contributed by atoms with Crippen molar-refractivity contribution in [3.05, 3.63) is 35.9 Å². The van der Waals surface area contributed by atoms with E-state index in [0.717, 1.165) is 45.3 Å². The summed E-state index contributed by atoms with van der Waals surface area (Å²) in [5.41, 5.74) is 6.71. The Bertz CT molecular complexity index is 575. The normalized spacial score (nSPS) is 25.7. The number of nitrogens with two attached hydrogens (primary N) is 1. The van der Waals surface area contributed by atoms with E-state index in [0.29, 0.717) is 12.3 Å². The van der Waals surface area contributed by atoms with E-state index >= 15 is 0 Å². The fourth-order valence-corrected chi connectivity index (χ4v) is 4.07. The fourth-order valence-electron chi connectivity index (χ4n) is 4.07. The van der Waals surface area contributed by atoms with E-state index in [2.05, 4.69) is 17.0 Å². The molecular formula is C19H27N3O2. The van der Waals surface area contributed by atoms with Gasteiger partial charge in [0.1, 0.15) is 0 Å². The Morgan fingerprint density at radius 1 is 1.17 bits per heavy atom. The van der Waals surface area contributed by atoms with Crippen molar-refractivity contribution in [1.82, 2.24) is 9.80 Å². The van der Waals surface area contributed by atoms with Crippen molar-refractivity contribution in [3.63, 3.8) is 0 Å². The van der Waals surface area contributed by atoms with E-state index in [-0.39, 0.29) is 24.4 Å². The summed E-state index contributed by atoms with van der Waals surface area (Å²) in [4.78, 5) is 27.8. The van der Waals surface area contributed by atoms with Crippen LogP contribution in [0.1, 0.15) is 43.7 Å². The molecular weight excluding hydrogens is 302 g/mol. The molecule has 2 aliphatic heterocycles. The van der Waals surface area contributed by atoms with Gasteiger partial charge in [-0.1, -0.05) is 30.3 Å². The summed E-state index contributed by atoms with van der Waals surface area (Å²) in [6.45, 7) is 2.80. The summed E-state index contributed by atoms with van der Waals surface area (Å²) in [5.74, 6) is 0.421. The molecule has 0 spiro atoms. The molecule has 2 aliphatic rings. The number of carbonyl (C=O) groups excluding carboxylic acids is 2. The standard InChI is InChI=1S/C19H27N3O2/c20-18(23)14-22-13-15(12-21-11-5-4-8-19(21)24)9-10-17(22)16-6-2-1-3-7-16/h1-3,6-7,15,17H,4-5,8-14H2,(H2,20,23)/t15-,17+/m1/s1. The predicted molar refractivity (Wildman–Crippen MR) is 93.1 cm³/mol. The quantitative estimate of drug-likeness (QED) is 0.898. The van der Waals surface area contributed by atoms with E-state index in [4.69, 9.17) is 5.73 Å². The molecule has 0 radical (unpaired) electrons. The minimum absolute atomic E-state index is 0.243. The van der Waals surface area contributed by atoms with E-state index < -0.39 is 0 Å². The Labute approximate surface area is 143 Å². The van der Waals surface area contributed by atoms with Crippen molar-refractivity contribution in [2.75, 3.05) is 26.2 Å². The molecule has 2 atom stereocenters. The van der Waals surface area contributed by atoms with Crippen molar-refractivity contribution in [2.24, 2.45) is 11.7 Å². The molecule has 0 aliphatic carbocycles. The van der Waals surface area contributed by atoms with Crippen molar-refractivity contribution in [2.45, 2.75) is 38.1 Å². The molecule has 2 saturated heterocycles. The Hall–Kier alpha value is -1.88. The van der Waals surface area contributed by atoms with Gasteiger partial charge in [-0.2, -0.15) is 0 Å². The Kier molecular flexibility index (Phi) is 5.51. The van der Waals surface area contributed by atoms with Crippen molar-refractivity contribution < 1.29 is 9.59 Å². The second-order valence-corrected chi connectivity index (χ2v) is 7.06. The number of piperidine rings is 2. The van der Waals surface area contributed by atoms with Crippen LogP contribution in [0.4, 0.5) is 0 Å². The highest BCUT2D eigenvalue weighted by molar-refractivity contribution is 5.77. The first-order valence-electron chi connectivity index (χ1n) is 8.98. The van der Waals surface area contributed by atoms with Crippen LogP contribution in [0.2, 0.25) is 0 Å². The summed E-state index contributed by atoms with van der Waals surface area (Å²) in [7, 11) is 0. The minimum atomic E-state index is -0.286. The Balaban J connectivity index is 1.66. The second kappa shape index (κ2) is 7.79. The molecule has 0 bridgehead atoms. The molecule has 0 saturated carbocycles. The number of amides is 2. The average Bonchev–Trinajstić information content (AvgIpc) is 2.57. The number of carbonyl (C=O) groups is 2. The third-order valence-corrected chi connectivity index (χ3v) is 5.23. The monoisotopic (exact) mass is 329 g/mol. The number of rotatable bonds is 5. The predicted octanol–water partition coefficient (Wildman–Crippen LogP) is 1.94. The molecule has 1 aromatic rings. The number of hydrogen-bond acceptors (Lipinski definition) is 3. The van der Waals surface area contributed by atoms with Crippen LogP contribution in [-0.2, 0) is 9.59 Å². The van der Waals surface area contributed by atoms with E-state index in [1.165, 1.54) is 5.56 Å². The van der Waals surface area contributed by atoms with E-state index in [1.807, 2.05) is 23.1 Å². The maximum Gasteiger partial charge on any atom is 0.231 e. The molecule has 2 heterocycles. The summed E-state index contributed by atoms with van der Waals surface area (Å²) in [6.07, 6.45) is 4.90. The van der Waals surface area contributed by atoms with Gasteiger partial charge >= 0.3 is 0 Å². The zero-order valence-corrected chi connectivity index (χ0v) is 14.2. The number of hydrogen-bond donors (Lipinski definition) is 1. The van der Waals surface area contributed by atoms with Gasteiger partial charge in [0.25, 0.3) is 0 Å². The summed E-state index contributed by atoms with van der Waals surface area (Å²) in [5, 5.41) is 0. The van der Waals surface area contributed by atoms with E-state index in [1.54, 1.807) is 0 Å². The van der Waals surface area contributed by atoms with Crippen molar-refractivity contribution in [1.29, 1.82) is 0 Å². The van der Waals surface area contributed by atoms with Gasteiger partial charge in [-0.05, 0) is 37.2 Å². The Morgan fingerprint density at radius 3 is 2.67 bits per heavy atom. The molecule has 2 amide bonds. The van der Waals surface area contributed by atoms with Gasteiger partial charge in [0.05, 0.1) is 6.54 Å². The molecule has 0 unspecified atom stereocenters. The highest BCUT2D eigenvalue weighted by Gasteiger charge is 2.32. The molecule has 0 aromatic heterocycles. The lowest BCUT2D eigenvalue weighted by atomic mass is 9.88. The maximum atomic E-state index is 12.1. The van der Waals surface area contributed by atoms with Gasteiger partial charge in [-0.25, -0.2) is 0 Å². The van der Waals surface area contributed by atoms with Gasteiger partial charge in [0.2, 0.25) is 11.8 Å². The highest BCUT2D eigenvalue weighted by atomic mass is 16.2. The Morgan fingerprint density at radius 2 is 1.96 bits per heavy atom. The molecule has 2 fully saturated rings. The lowest BCUT2D eigenvalue weighted by molar-refractivity contribution is -0.134. The van der Waals surface area contributed by atoms with Crippen LogP contribution in [-0.4, -0.2) is 47.8 Å². The first-order valence-corrected chi connectivity index (χ1v) is 8.98. The minimum Gasteiger partial charge on any atom is -0.369 e. The van der Waals surface area contributed by atoms with Crippen LogP contribution < -0.4 is 5.73 Å². The van der Waals surface area contributed by atoms with Crippen LogP contribution in [0, 0.1) is 5.92 Å². The molecule has 24 heavy (non-hydrogen) atoms. The smallest absolute Gasteiger partial charge is 0.231 e. The molecule has 130 valence electrons. The number of primary amides is 1. The van der Waals surface area contributed by atoms with Crippen LogP contribution in [0.3, 0.4) is 0 Å². The summed E-state index contributed by atoms with van der Waals surface area (Å²) >= 11 is 0. The lowest BCUT2D eigenvalue weighted by Crippen LogP contribution is -2.47. The molecule has 3 rings (SSSR count). The molecule has 5 heteroatoms. The van der Waals surface area contributed by atoms with Gasteiger partial charge in [0.15, 0.2) is 0 Å². The molecule has 5 nitrogen and oxygen atoms in total. The van der Waals surface area contributed by atoms with Crippen molar-refractivity contribution >= 4 is 11.8 Å². The first-order chi connectivity index (χ1) is 11.6. The number of benzene rings is 1. The maximum absolute atomic E-state index is 12.1. The third-order valence-electron chi connectivity index (χ3n) is 5.23. The van der Waals surface area contributed by atoms with Crippen LogP contribution in [0.5, 0.6) is 0 Å². The first kappa shape index (κ1) is 17.0. The number of likely N-dealkylation sites (tertiary alicyclic amines) is 2. The van der Waals surface area contributed by atoms with Gasteiger partial charge < -0.3 is 10.6 Å². The van der Waals surface area contributed by atoms with Crippen LogP contribution >= 0.6 is 0 Å². The number of nitrogens with zero attached hydrogens (tertiary/aromatic N) is 2. The topological polar surface area (TPSA) is 66.6 Å². The van der Waals surface area contributed by atoms with Gasteiger partial charge in [-0.3, -0.25) is 14.5 Å². The second-order valence-electron chi connectivity index (χ2n) is 7.06. The largest absolute Gasteiger partial charge is 0.369 e. The van der Waals surface area contributed by atoms with E-state index in [9.17, 15) is 9.59 Å². The average molecular weight is 329 g/mol. The summed E-state index contributed by atoms with van der Waals surface area (Å²) in [6, 6.07) is 10.6. The lowest BCUT2D eigenvalue weighted by Gasteiger charge is -2.41. The van der Waals surface area contributed by atoms with Gasteiger partial charge in [0, 0.05) is 32.1 Å². The van der Waals surface area contributed by atoms with Crippen LogP contribution in [0.25, 0.3) is 0 Å². The van der Waals surface area contributed by atoms with Crippen molar-refractivity contribution in [3.8, 4) is 0 Å². The molecule has 2 N–H and O–H groups in total. The van der Waals surface area contributed by atoms with Gasteiger partial charge in [-0.15, -0.1) is 0 Å². The molecule has 1 aromatic carbocycles. The van der Waals surface area contributed by atoms with Crippen LogP contribution in [0.15, 0.2) is 30.3 Å². The third kappa shape index (κ3) is 4.15. The fraction of sp³-hybridized carbons (Fsp3) is 0.579. The zero-order valence-electron chi connectivity index (χ0n) is 14.2. The zero-order chi connectivity index (χ0) is 16.9.